The first kappa shape index (κ1) is 21.0. The Bertz CT molecular complexity index is 1320. The molecule has 0 spiro atoms. The number of nitriles is 1. The first-order valence-corrected chi connectivity index (χ1v) is 11.0. The van der Waals surface area contributed by atoms with E-state index in [1.54, 1.807) is 38.4 Å². The smallest absolute Gasteiger partial charge is 0.161 e. The highest BCUT2D eigenvalue weighted by molar-refractivity contribution is 9.10. The van der Waals surface area contributed by atoms with Crippen molar-refractivity contribution in [1.82, 2.24) is 9.97 Å². The molecule has 5 nitrogen and oxygen atoms in total. The number of aromatic amines is 1. The van der Waals surface area contributed by atoms with Crippen molar-refractivity contribution in [3.63, 3.8) is 0 Å². The summed E-state index contributed by atoms with van der Waals surface area (Å²) in [7, 11) is 3.23. The molecule has 0 bridgehead atoms. The summed E-state index contributed by atoms with van der Waals surface area (Å²) in [5.41, 5.74) is 3.25. The molecule has 0 fully saturated rings. The van der Waals surface area contributed by atoms with Crippen molar-refractivity contribution in [2.24, 2.45) is 0 Å². The van der Waals surface area contributed by atoms with E-state index in [4.69, 9.17) is 9.47 Å². The van der Waals surface area contributed by atoms with Gasteiger partial charge in [-0.1, -0.05) is 27.7 Å². The number of pyridine rings is 1. The Morgan fingerprint density at radius 1 is 1.13 bits per heavy atom. The van der Waals surface area contributed by atoms with Gasteiger partial charge in [0.15, 0.2) is 11.5 Å². The lowest BCUT2D eigenvalue weighted by Gasteiger charge is -2.10. The maximum Gasteiger partial charge on any atom is 0.161 e. The number of aromatic nitrogens is 2. The Morgan fingerprint density at radius 2 is 1.97 bits per heavy atom. The number of nitrogens with one attached hydrogen (secondary N) is 1. The van der Waals surface area contributed by atoms with Crippen LogP contribution >= 0.6 is 27.7 Å². The van der Waals surface area contributed by atoms with Gasteiger partial charge in [-0.2, -0.15) is 5.26 Å². The molecular weight excluding hydrogens is 474 g/mol. The molecule has 154 valence electrons. The molecule has 1 N–H and O–H groups in total. The molecule has 0 amide bonds. The fraction of sp³-hybridized carbons (Fsp3) is 0.0833. The molecule has 0 saturated heterocycles. The van der Waals surface area contributed by atoms with Crippen molar-refractivity contribution in [2.75, 3.05) is 14.2 Å². The number of hydrogen-bond acceptors (Lipinski definition) is 5. The third kappa shape index (κ3) is 4.46. The van der Waals surface area contributed by atoms with Gasteiger partial charge in [-0.3, -0.25) is 4.98 Å². The van der Waals surface area contributed by atoms with Gasteiger partial charge in [-0.25, -0.2) is 0 Å². The van der Waals surface area contributed by atoms with E-state index in [9.17, 15) is 5.26 Å². The van der Waals surface area contributed by atoms with Crippen LogP contribution in [0.1, 0.15) is 11.1 Å². The second-order valence-corrected chi connectivity index (χ2v) is 8.63. The monoisotopic (exact) mass is 491 g/mol. The first-order chi connectivity index (χ1) is 15.1. The van der Waals surface area contributed by atoms with Crippen LogP contribution in [0.2, 0.25) is 0 Å². The number of fused-ring (bicyclic) bond motifs is 1. The summed E-state index contributed by atoms with van der Waals surface area (Å²) >= 11 is 5.08. The van der Waals surface area contributed by atoms with E-state index in [1.807, 2.05) is 54.7 Å². The molecule has 2 aromatic heterocycles. The fourth-order valence-electron chi connectivity index (χ4n) is 3.24. The molecular formula is C24H18BrN3O2S. The summed E-state index contributed by atoms with van der Waals surface area (Å²) in [5, 5.41) is 10.9. The van der Waals surface area contributed by atoms with Gasteiger partial charge in [0.25, 0.3) is 0 Å². The van der Waals surface area contributed by atoms with E-state index >= 15 is 0 Å². The predicted octanol–water partition coefficient (Wildman–Crippen LogP) is 6.56. The lowest BCUT2D eigenvalue weighted by molar-refractivity contribution is 0.354. The highest BCUT2D eigenvalue weighted by atomic mass is 79.9. The molecule has 31 heavy (non-hydrogen) atoms. The van der Waals surface area contributed by atoms with Gasteiger partial charge in [-0.15, -0.1) is 0 Å². The van der Waals surface area contributed by atoms with Crippen LogP contribution < -0.4 is 9.47 Å². The number of H-pyrrole nitrogens is 1. The van der Waals surface area contributed by atoms with Crippen molar-refractivity contribution in [1.29, 1.82) is 5.26 Å². The van der Waals surface area contributed by atoms with E-state index in [0.29, 0.717) is 17.1 Å². The average Bonchev–Trinajstić information content (AvgIpc) is 3.21. The van der Waals surface area contributed by atoms with Crippen LogP contribution in [0.5, 0.6) is 11.5 Å². The summed E-state index contributed by atoms with van der Waals surface area (Å²) in [4.78, 5) is 9.48. The SMILES string of the molecule is COc1ccc(Sc2ccncc2C=C(C#N)c2c[nH]c3ccc(Br)cc23)cc1OC. The number of nitrogens with zero attached hydrogens (tertiary/aromatic N) is 2. The van der Waals surface area contributed by atoms with Crippen molar-refractivity contribution in [2.45, 2.75) is 9.79 Å². The van der Waals surface area contributed by atoms with Gasteiger partial charge in [-0.05, 0) is 48.5 Å². The standard InChI is InChI=1S/C24H18BrN3O2S/c1-29-22-6-4-18(11-23(22)30-2)31-24-7-8-27-13-16(24)9-15(12-26)20-14-28-21-5-3-17(25)10-19(20)21/h3-11,13-14,28H,1-2H3. The highest BCUT2D eigenvalue weighted by Gasteiger charge is 2.12. The normalized spacial score (nSPS) is 11.4. The number of benzene rings is 2. The van der Waals surface area contributed by atoms with Crippen LogP contribution in [-0.2, 0) is 0 Å². The van der Waals surface area contributed by atoms with Gasteiger partial charge in [0.2, 0.25) is 0 Å². The van der Waals surface area contributed by atoms with Crippen LogP contribution in [0.25, 0.3) is 22.6 Å². The molecule has 0 unspecified atom stereocenters. The number of methoxy groups -OCH3 is 2. The topological polar surface area (TPSA) is 70.9 Å². The van der Waals surface area contributed by atoms with E-state index in [2.05, 4.69) is 32.0 Å². The van der Waals surface area contributed by atoms with E-state index in [1.165, 1.54) is 0 Å². The zero-order chi connectivity index (χ0) is 21.8. The number of ether oxygens (including phenoxy) is 2. The average molecular weight is 492 g/mol. The van der Waals surface area contributed by atoms with Crippen LogP contribution in [0, 0.1) is 11.3 Å². The van der Waals surface area contributed by atoms with Gasteiger partial charge in [0, 0.05) is 54.9 Å². The number of hydrogen-bond donors (Lipinski definition) is 1. The second-order valence-electron chi connectivity index (χ2n) is 6.59. The molecule has 4 aromatic rings. The molecule has 2 heterocycles. The Balaban J connectivity index is 1.73. The third-order valence-corrected chi connectivity index (χ3v) is 6.32. The van der Waals surface area contributed by atoms with Gasteiger partial charge >= 0.3 is 0 Å². The molecule has 4 rings (SSSR count). The summed E-state index contributed by atoms with van der Waals surface area (Å²) in [5.74, 6) is 1.35. The Kier molecular flexibility index (Phi) is 6.31. The van der Waals surface area contributed by atoms with Crippen LogP contribution in [0.3, 0.4) is 0 Å². The first-order valence-electron chi connectivity index (χ1n) is 9.35. The summed E-state index contributed by atoms with van der Waals surface area (Å²) in [6.07, 6.45) is 7.25. The lowest BCUT2D eigenvalue weighted by Crippen LogP contribution is -1.90. The molecule has 0 aliphatic carbocycles. The lowest BCUT2D eigenvalue weighted by atomic mass is 10.0. The zero-order valence-corrected chi connectivity index (χ0v) is 19.3. The molecule has 0 aliphatic rings. The number of rotatable bonds is 6. The minimum absolute atomic E-state index is 0.562. The molecule has 0 atom stereocenters. The van der Waals surface area contributed by atoms with Gasteiger partial charge in [0.05, 0.1) is 25.9 Å². The predicted molar refractivity (Wildman–Crippen MR) is 127 cm³/mol. The minimum Gasteiger partial charge on any atom is -0.493 e. The van der Waals surface area contributed by atoms with E-state index in [0.717, 1.165) is 36.3 Å². The van der Waals surface area contributed by atoms with Crippen LogP contribution in [-0.4, -0.2) is 24.2 Å². The third-order valence-electron chi connectivity index (χ3n) is 4.75. The number of allylic oxidation sites excluding steroid dienone is 1. The maximum atomic E-state index is 9.89. The molecule has 0 saturated carbocycles. The van der Waals surface area contributed by atoms with Crippen molar-refractivity contribution in [3.8, 4) is 17.6 Å². The summed E-state index contributed by atoms with van der Waals surface area (Å²) in [6, 6.07) is 16.0. The quantitative estimate of drug-likeness (QED) is 0.309. The van der Waals surface area contributed by atoms with E-state index < -0.39 is 0 Å². The van der Waals surface area contributed by atoms with Crippen LogP contribution in [0.4, 0.5) is 0 Å². The van der Waals surface area contributed by atoms with Crippen molar-refractivity contribution < 1.29 is 9.47 Å². The second kappa shape index (κ2) is 9.29. The number of halogens is 1. The van der Waals surface area contributed by atoms with Gasteiger partial charge < -0.3 is 14.5 Å². The molecule has 7 heteroatoms. The fourth-order valence-corrected chi connectivity index (χ4v) is 4.52. The Hall–Kier alpha value is -3.21. The molecule has 0 radical (unpaired) electrons. The summed E-state index contributed by atoms with van der Waals surface area (Å²) < 4.78 is 11.7. The summed E-state index contributed by atoms with van der Waals surface area (Å²) in [6.45, 7) is 0. The molecule has 2 aromatic carbocycles. The highest BCUT2D eigenvalue weighted by Crippen LogP contribution is 2.37. The Labute approximate surface area is 192 Å². The largest absolute Gasteiger partial charge is 0.493 e. The minimum atomic E-state index is 0.562. The van der Waals surface area contributed by atoms with E-state index in [-0.39, 0.29) is 0 Å². The van der Waals surface area contributed by atoms with Gasteiger partial charge in [0.1, 0.15) is 0 Å². The van der Waals surface area contributed by atoms with Crippen molar-refractivity contribution >= 4 is 50.2 Å². The maximum absolute atomic E-state index is 9.89. The Morgan fingerprint density at radius 3 is 2.74 bits per heavy atom. The zero-order valence-electron chi connectivity index (χ0n) is 16.8. The van der Waals surface area contributed by atoms with Crippen LogP contribution in [0.15, 0.2) is 75.3 Å². The molecule has 0 aliphatic heterocycles. The van der Waals surface area contributed by atoms with Crippen molar-refractivity contribution in [3.05, 3.63) is 76.7 Å².